The number of fused-ring (bicyclic) bond motifs is 1. The average molecular weight is 456 g/mol. The Morgan fingerprint density at radius 1 is 0.912 bits per heavy atom. The number of aromatic nitrogens is 2. The van der Waals surface area contributed by atoms with Crippen molar-refractivity contribution in [2.24, 2.45) is 0 Å². The number of hydrogen-bond donors (Lipinski definition) is 0. The van der Waals surface area contributed by atoms with Crippen LogP contribution in [0.5, 0.6) is 11.5 Å². The number of benzene rings is 3. The van der Waals surface area contributed by atoms with E-state index in [0.717, 1.165) is 47.0 Å². The van der Waals surface area contributed by atoms with Crippen LogP contribution in [0.1, 0.15) is 31.5 Å². The largest absolute Gasteiger partial charge is 0.494 e. The first kappa shape index (κ1) is 22.0. The van der Waals surface area contributed by atoms with E-state index in [4.69, 9.17) is 14.5 Å². The quantitative estimate of drug-likeness (QED) is 0.316. The maximum absolute atomic E-state index is 13.0. The molecule has 0 bridgehead atoms. The summed E-state index contributed by atoms with van der Waals surface area (Å²) in [5.41, 5.74) is 2.97. The maximum Gasteiger partial charge on any atom is 0.227 e. The molecule has 6 nitrogen and oxygen atoms in total. The number of ether oxygens (including phenoxy) is 2. The van der Waals surface area contributed by atoms with Gasteiger partial charge in [-0.05, 0) is 61.9 Å². The Labute approximate surface area is 199 Å². The van der Waals surface area contributed by atoms with E-state index in [1.54, 1.807) is 0 Å². The van der Waals surface area contributed by atoms with Crippen LogP contribution in [0.3, 0.4) is 0 Å². The predicted octanol–water partition coefficient (Wildman–Crippen LogP) is 5.42. The highest BCUT2D eigenvalue weighted by Gasteiger charge is 2.34. The second-order valence-corrected chi connectivity index (χ2v) is 8.46. The van der Waals surface area contributed by atoms with Crippen molar-refractivity contribution in [1.29, 1.82) is 0 Å². The van der Waals surface area contributed by atoms with Crippen LogP contribution < -0.4 is 14.4 Å². The molecule has 34 heavy (non-hydrogen) atoms. The standard InChI is InChI=1S/C28H29N3O3/c1-2-33-24-15-13-22(14-16-24)31-20-21(19-27(31)32)28-29-25-11-6-7-12-26(25)30(28)17-8-18-34-23-9-4-3-5-10-23/h3-7,9-16,21H,2,8,17-20H2,1H3. The Bertz CT molecular complexity index is 1250. The zero-order chi connectivity index (χ0) is 23.3. The first-order chi connectivity index (χ1) is 16.7. The number of carbonyl (C=O) groups is 1. The minimum atomic E-state index is 0.0431. The van der Waals surface area contributed by atoms with Crippen LogP contribution >= 0.6 is 0 Å². The highest BCUT2D eigenvalue weighted by atomic mass is 16.5. The summed E-state index contributed by atoms with van der Waals surface area (Å²) >= 11 is 0. The van der Waals surface area contributed by atoms with Crippen molar-refractivity contribution in [3.63, 3.8) is 0 Å². The van der Waals surface area contributed by atoms with Crippen LogP contribution in [0, 0.1) is 0 Å². The zero-order valence-corrected chi connectivity index (χ0v) is 19.4. The summed E-state index contributed by atoms with van der Waals surface area (Å²) in [6, 6.07) is 25.8. The van der Waals surface area contributed by atoms with Gasteiger partial charge in [-0.25, -0.2) is 4.98 Å². The van der Waals surface area contributed by atoms with Gasteiger partial charge < -0.3 is 18.9 Å². The minimum Gasteiger partial charge on any atom is -0.494 e. The van der Waals surface area contributed by atoms with E-state index in [9.17, 15) is 4.79 Å². The van der Waals surface area contributed by atoms with Crippen molar-refractivity contribution in [2.75, 3.05) is 24.7 Å². The molecule has 1 aliphatic rings. The molecule has 2 heterocycles. The Morgan fingerprint density at radius 2 is 1.65 bits per heavy atom. The number of imidazole rings is 1. The third kappa shape index (κ3) is 4.62. The van der Waals surface area contributed by atoms with E-state index in [-0.39, 0.29) is 11.8 Å². The Kier molecular flexibility index (Phi) is 6.47. The molecule has 1 aliphatic heterocycles. The number of amides is 1. The van der Waals surface area contributed by atoms with Crippen LogP contribution in [0.25, 0.3) is 11.0 Å². The van der Waals surface area contributed by atoms with Crippen LogP contribution in [0.15, 0.2) is 78.9 Å². The monoisotopic (exact) mass is 455 g/mol. The van der Waals surface area contributed by atoms with Crippen LogP contribution in [-0.4, -0.2) is 35.2 Å². The van der Waals surface area contributed by atoms with E-state index in [1.807, 2.05) is 84.6 Å². The fraction of sp³-hybridized carbons (Fsp3) is 0.286. The Morgan fingerprint density at radius 3 is 2.44 bits per heavy atom. The second kappa shape index (κ2) is 10.00. The molecule has 4 aromatic rings. The molecule has 0 aliphatic carbocycles. The topological polar surface area (TPSA) is 56.6 Å². The van der Waals surface area contributed by atoms with Crippen LogP contribution in [0.4, 0.5) is 5.69 Å². The second-order valence-electron chi connectivity index (χ2n) is 8.46. The van der Waals surface area contributed by atoms with Gasteiger partial charge in [0.25, 0.3) is 0 Å². The van der Waals surface area contributed by atoms with Gasteiger partial charge in [-0.2, -0.15) is 0 Å². The van der Waals surface area contributed by atoms with Gasteiger partial charge in [0, 0.05) is 31.1 Å². The summed E-state index contributed by atoms with van der Waals surface area (Å²) in [7, 11) is 0. The average Bonchev–Trinajstić information content (AvgIpc) is 3.44. The van der Waals surface area contributed by atoms with Gasteiger partial charge in [0.05, 0.1) is 24.2 Å². The van der Waals surface area contributed by atoms with Crippen molar-refractivity contribution in [3.05, 3.63) is 84.7 Å². The molecule has 3 aromatic carbocycles. The van der Waals surface area contributed by atoms with Gasteiger partial charge in [0.1, 0.15) is 17.3 Å². The number of aryl methyl sites for hydroxylation is 1. The molecular weight excluding hydrogens is 426 g/mol. The first-order valence-corrected chi connectivity index (χ1v) is 11.9. The molecule has 1 fully saturated rings. The lowest BCUT2D eigenvalue weighted by Gasteiger charge is -2.18. The van der Waals surface area contributed by atoms with Crippen molar-refractivity contribution in [1.82, 2.24) is 9.55 Å². The highest BCUT2D eigenvalue weighted by molar-refractivity contribution is 5.96. The van der Waals surface area contributed by atoms with Gasteiger partial charge in [-0.1, -0.05) is 30.3 Å². The van der Waals surface area contributed by atoms with Gasteiger partial charge in [-0.3, -0.25) is 4.79 Å². The van der Waals surface area contributed by atoms with E-state index >= 15 is 0 Å². The molecule has 174 valence electrons. The predicted molar refractivity (Wildman–Crippen MR) is 134 cm³/mol. The molecule has 6 heteroatoms. The summed E-state index contributed by atoms with van der Waals surface area (Å²) in [6.45, 7) is 4.62. The molecule has 1 unspecified atom stereocenters. The van der Waals surface area contributed by atoms with Crippen molar-refractivity contribution >= 4 is 22.6 Å². The number of rotatable bonds is 9. The molecular formula is C28H29N3O3. The number of anilines is 1. The van der Waals surface area contributed by atoms with Crippen molar-refractivity contribution in [3.8, 4) is 11.5 Å². The summed E-state index contributed by atoms with van der Waals surface area (Å²) in [5.74, 6) is 2.84. The van der Waals surface area contributed by atoms with E-state index in [2.05, 4.69) is 10.6 Å². The fourth-order valence-electron chi connectivity index (χ4n) is 4.59. The first-order valence-electron chi connectivity index (χ1n) is 11.9. The van der Waals surface area contributed by atoms with E-state index < -0.39 is 0 Å². The fourth-order valence-corrected chi connectivity index (χ4v) is 4.59. The molecule has 1 amide bonds. The third-order valence-corrected chi connectivity index (χ3v) is 6.17. The normalized spacial score (nSPS) is 15.7. The Hall–Kier alpha value is -3.80. The van der Waals surface area contributed by atoms with Gasteiger partial charge in [0.2, 0.25) is 5.91 Å². The molecule has 1 atom stereocenters. The summed E-state index contributed by atoms with van der Waals surface area (Å²) in [6.07, 6.45) is 1.31. The van der Waals surface area contributed by atoms with E-state index in [0.29, 0.717) is 26.2 Å². The number of hydrogen-bond acceptors (Lipinski definition) is 4. The lowest BCUT2D eigenvalue weighted by atomic mass is 10.1. The molecule has 5 rings (SSSR count). The Balaban J connectivity index is 1.33. The van der Waals surface area contributed by atoms with Gasteiger partial charge in [0.15, 0.2) is 0 Å². The molecule has 0 saturated carbocycles. The van der Waals surface area contributed by atoms with Crippen LogP contribution in [0.2, 0.25) is 0 Å². The molecule has 1 aromatic heterocycles. The minimum absolute atomic E-state index is 0.0431. The van der Waals surface area contributed by atoms with Gasteiger partial charge in [-0.15, -0.1) is 0 Å². The number of nitrogens with zero attached hydrogens (tertiary/aromatic N) is 3. The molecule has 1 saturated heterocycles. The smallest absolute Gasteiger partial charge is 0.227 e. The number of para-hydroxylation sites is 3. The lowest BCUT2D eigenvalue weighted by Crippen LogP contribution is -2.24. The molecule has 0 N–H and O–H groups in total. The SMILES string of the molecule is CCOc1ccc(N2CC(c3nc4ccccc4n3CCCOc3ccccc3)CC2=O)cc1. The van der Waals surface area contributed by atoms with Crippen molar-refractivity contribution < 1.29 is 14.3 Å². The lowest BCUT2D eigenvalue weighted by molar-refractivity contribution is -0.117. The zero-order valence-electron chi connectivity index (χ0n) is 19.4. The van der Waals surface area contributed by atoms with E-state index in [1.165, 1.54) is 0 Å². The summed E-state index contributed by atoms with van der Waals surface area (Å²) in [5, 5.41) is 0. The number of carbonyl (C=O) groups excluding carboxylic acids is 1. The van der Waals surface area contributed by atoms with Gasteiger partial charge >= 0.3 is 0 Å². The van der Waals surface area contributed by atoms with Crippen LogP contribution in [-0.2, 0) is 11.3 Å². The third-order valence-electron chi connectivity index (χ3n) is 6.17. The summed E-state index contributed by atoms with van der Waals surface area (Å²) < 4.78 is 13.7. The van der Waals surface area contributed by atoms with Crippen molar-refractivity contribution in [2.45, 2.75) is 32.2 Å². The maximum atomic E-state index is 13.0. The highest BCUT2D eigenvalue weighted by Crippen LogP contribution is 2.34. The molecule has 0 spiro atoms. The summed E-state index contributed by atoms with van der Waals surface area (Å²) in [4.78, 5) is 19.8. The molecule has 0 radical (unpaired) electrons.